The van der Waals surface area contributed by atoms with Gasteiger partial charge in [-0.1, -0.05) is 54.4 Å². The minimum atomic E-state index is -3.79. The summed E-state index contributed by atoms with van der Waals surface area (Å²) in [5.74, 6) is -0.913. The van der Waals surface area contributed by atoms with Gasteiger partial charge in [-0.25, -0.2) is 8.42 Å². The summed E-state index contributed by atoms with van der Waals surface area (Å²) in [5, 5.41) is 3.57. The van der Waals surface area contributed by atoms with Gasteiger partial charge in [0.25, 0.3) is 0 Å². The SMILES string of the molecule is CC[C@H](C)NC(=O)[C@H](C)N(Cc1c(Cl)cccc1Cl)C(=O)CN(c1ccccc1C)S(C)(=O)=O. The highest BCUT2D eigenvalue weighted by atomic mass is 35.5. The highest BCUT2D eigenvalue weighted by Crippen LogP contribution is 2.27. The second-order valence-corrected chi connectivity index (χ2v) is 11.0. The Hall–Kier alpha value is -2.29. The number of halogens is 2. The lowest BCUT2D eigenvalue weighted by molar-refractivity contribution is -0.139. The first-order valence-corrected chi connectivity index (χ1v) is 13.5. The molecule has 0 aliphatic carbocycles. The molecule has 0 heterocycles. The molecule has 0 unspecified atom stereocenters. The Balaban J connectivity index is 2.46. The topological polar surface area (TPSA) is 86.8 Å². The lowest BCUT2D eigenvalue weighted by Crippen LogP contribution is -2.52. The van der Waals surface area contributed by atoms with Gasteiger partial charge in [0.05, 0.1) is 11.9 Å². The normalized spacial score (nSPS) is 13.1. The summed E-state index contributed by atoms with van der Waals surface area (Å²) in [6.45, 7) is 6.63. The fourth-order valence-corrected chi connectivity index (χ4v) is 4.76. The number of hydrogen-bond donors (Lipinski definition) is 1. The Morgan fingerprint density at radius 1 is 1.03 bits per heavy atom. The third kappa shape index (κ3) is 7.10. The highest BCUT2D eigenvalue weighted by Gasteiger charge is 2.31. The first-order valence-electron chi connectivity index (χ1n) is 10.9. The van der Waals surface area contributed by atoms with Crippen LogP contribution in [0.15, 0.2) is 42.5 Å². The molecule has 10 heteroatoms. The minimum Gasteiger partial charge on any atom is -0.352 e. The van der Waals surface area contributed by atoms with Gasteiger partial charge in [0.15, 0.2) is 0 Å². The Bertz CT molecular complexity index is 1120. The number of sulfonamides is 1. The van der Waals surface area contributed by atoms with Gasteiger partial charge in [0, 0.05) is 28.2 Å². The monoisotopic (exact) mass is 527 g/mol. The quantitative estimate of drug-likeness (QED) is 0.495. The van der Waals surface area contributed by atoms with Gasteiger partial charge < -0.3 is 10.2 Å². The standard InChI is InChI=1S/C24H31Cl2N3O4S/c1-6-17(3)27-24(31)18(4)28(14-19-20(25)11-9-12-21(19)26)23(30)15-29(34(5,32)33)22-13-8-7-10-16(22)2/h7-13,17-18H,6,14-15H2,1-5H3,(H,27,31)/t17-,18-/m0/s1. The number of nitrogens with zero attached hydrogens (tertiary/aromatic N) is 2. The van der Waals surface area contributed by atoms with E-state index in [1.165, 1.54) is 4.90 Å². The summed E-state index contributed by atoms with van der Waals surface area (Å²) in [6, 6.07) is 10.9. The highest BCUT2D eigenvalue weighted by molar-refractivity contribution is 7.92. The molecule has 186 valence electrons. The van der Waals surface area contributed by atoms with Crippen LogP contribution >= 0.6 is 23.2 Å². The summed E-state index contributed by atoms with van der Waals surface area (Å²) in [4.78, 5) is 27.8. The van der Waals surface area contributed by atoms with E-state index in [4.69, 9.17) is 23.2 Å². The van der Waals surface area contributed by atoms with Crippen LogP contribution in [0.4, 0.5) is 5.69 Å². The van der Waals surface area contributed by atoms with Crippen LogP contribution in [0.5, 0.6) is 0 Å². The predicted molar refractivity (Wildman–Crippen MR) is 138 cm³/mol. The maximum atomic E-state index is 13.6. The number of hydrogen-bond acceptors (Lipinski definition) is 4. The number of aryl methyl sites for hydroxylation is 1. The molecular weight excluding hydrogens is 497 g/mol. The largest absolute Gasteiger partial charge is 0.352 e. The van der Waals surface area contributed by atoms with Crippen LogP contribution in [0.1, 0.15) is 38.3 Å². The number of carbonyl (C=O) groups excluding carboxylic acids is 2. The lowest BCUT2D eigenvalue weighted by atomic mass is 10.1. The molecule has 0 spiro atoms. The lowest BCUT2D eigenvalue weighted by Gasteiger charge is -2.32. The van der Waals surface area contributed by atoms with Crippen LogP contribution < -0.4 is 9.62 Å². The van der Waals surface area contributed by atoms with Gasteiger partial charge in [-0.2, -0.15) is 0 Å². The zero-order chi connectivity index (χ0) is 25.6. The van der Waals surface area contributed by atoms with Crippen molar-refractivity contribution in [1.82, 2.24) is 10.2 Å². The van der Waals surface area contributed by atoms with Crippen molar-refractivity contribution in [2.45, 2.75) is 52.7 Å². The molecule has 0 fully saturated rings. The minimum absolute atomic E-state index is 0.0577. The fraction of sp³-hybridized carbons (Fsp3) is 0.417. The van der Waals surface area contributed by atoms with Crippen LogP contribution in [-0.2, 0) is 26.2 Å². The maximum Gasteiger partial charge on any atom is 0.244 e. The van der Waals surface area contributed by atoms with E-state index in [1.54, 1.807) is 56.3 Å². The smallest absolute Gasteiger partial charge is 0.244 e. The Kier molecular flexibility index (Phi) is 9.79. The van der Waals surface area contributed by atoms with E-state index < -0.39 is 28.5 Å². The van der Waals surface area contributed by atoms with Crippen LogP contribution in [0.2, 0.25) is 10.0 Å². The molecule has 0 saturated heterocycles. The number of carbonyl (C=O) groups is 2. The van der Waals surface area contributed by atoms with Crippen molar-refractivity contribution in [2.24, 2.45) is 0 Å². The van der Waals surface area contributed by atoms with E-state index >= 15 is 0 Å². The molecular formula is C24H31Cl2N3O4S. The van der Waals surface area contributed by atoms with Crippen LogP contribution in [0.3, 0.4) is 0 Å². The molecule has 1 N–H and O–H groups in total. The van der Waals surface area contributed by atoms with E-state index in [0.717, 1.165) is 17.0 Å². The Morgan fingerprint density at radius 3 is 2.15 bits per heavy atom. The summed E-state index contributed by atoms with van der Waals surface area (Å²) in [7, 11) is -3.79. The first kappa shape index (κ1) is 28.0. The first-order chi connectivity index (χ1) is 15.9. The number of amides is 2. The van der Waals surface area contributed by atoms with Crippen molar-refractivity contribution in [3.8, 4) is 0 Å². The van der Waals surface area contributed by atoms with Crippen LogP contribution in [-0.4, -0.2) is 50.0 Å². The number of anilines is 1. The van der Waals surface area contributed by atoms with E-state index in [9.17, 15) is 18.0 Å². The molecule has 2 atom stereocenters. The van der Waals surface area contributed by atoms with E-state index in [0.29, 0.717) is 26.9 Å². The summed E-state index contributed by atoms with van der Waals surface area (Å²) in [5.41, 5.74) is 1.57. The van der Waals surface area contributed by atoms with Crippen LogP contribution in [0.25, 0.3) is 0 Å². The Morgan fingerprint density at radius 2 is 1.62 bits per heavy atom. The molecule has 2 amide bonds. The van der Waals surface area contributed by atoms with Crippen molar-refractivity contribution in [3.05, 3.63) is 63.6 Å². The molecule has 7 nitrogen and oxygen atoms in total. The van der Waals surface area contributed by atoms with Gasteiger partial charge in [-0.15, -0.1) is 0 Å². The van der Waals surface area contributed by atoms with Crippen molar-refractivity contribution in [1.29, 1.82) is 0 Å². The van der Waals surface area contributed by atoms with Crippen molar-refractivity contribution in [3.63, 3.8) is 0 Å². The third-order valence-electron chi connectivity index (χ3n) is 5.62. The number of nitrogens with one attached hydrogen (secondary N) is 1. The van der Waals surface area contributed by atoms with Crippen molar-refractivity contribution >= 4 is 50.7 Å². The molecule has 2 aromatic carbocycles. The van der Waals surface area contributed by atoms with E-state index in [1.807, 2.05) is 13.8 Å². The molecule has 2 rings (SSSR count). The molecule has 0 bridgehead atoms. The predicted octanol–water partition coefficient (Wildman–Crippen LogP) is 4.40. The van der Waals surface area contributed by atoms with Crippen LogP contribution in [0, 0.1) is 6.92 Å². The molecule has 0 aliphatic rings. The molecule has 2 aromatic rings. The molecule has 0 aromatic heterocycles. The zero-order valence-electron chi connectivity index (χ0n) is 20.0. The number of rotatable bonds is 10. The van der Waals surface area contributed by atoms with E-state index in [-0.39, 0.29) is 18.5 Å². The van der Waals surface area contributed by atoms with E-state index in [2.05, 4.69) is 5.32 Å². The Labute approximate surface area is 212 Å². The fourth-order valence-electron chi connectivity index (χ4n) is 3.34. The molecule has 0 aliphatic heterocycles. The van der Waals surface area contributed by atoms with Gasteiger partial charge >= 0.3 is 0 Å². The van der Waals surface area contributed by atoms with Gasteiger partial charge in [-0.3, -0.25) is 13.9 Å². The van der Waals surface area contributed by atoms with Gasteiger partial charge in [0.2, 0.25) is 21.8 Å². The third-order valence-corrected chi connectivity index (χ3v) is 7.46. The molecule has 0 saturated carbocycles. The second-order valence-electron chi connectivity index (χ2n) is 8.27. The second kappa shape index (κ2) is 11.9. The summed E-state index contributed by atoms with van der Waals surface area (Å²) < 4.78 is 26.3. The van der Waals surface area contributed by atoms with Gasteiger partial charge in [0.1, 0.15) is 12.6 Å². The average molecular weight is 529 g/mol. The summed E-state index contributed by atoms with van der Waals surface area (Å²) in [6.07, 6.45) is 1.76. The number of benzene rings is 2. The van der Waals surface area contributed by atoms with Gasteiger partial charge in [-0.05, 0) is 51.0 Å². The number of para-hydroxylation sites is 1. The van der Waals surface area contributed by atoms with Crippen molar-refractivity contribution in [2.75, 3.05) is 17.1 Å². The molecule has 0 radical (unpaired) electrons. The molecule has 34 heavy (non-hydrogen) atoms. The summed E-state index contributed by atoms with van der Waals surface area (Å²) >= 11 is 12.7. The average Bonchev–Trinajstić information content (AvgIpc) is 2.76. The zero-order valence-corrected chi connectivity index (χ0v) is 22.3. The maximum absolute atomic E-state index is 13.6. The van der Waals surface area contributed by atoms with Crippen molar-refractivity contribution < 1.29 is 18.0 Å².